The lowest BCUT2D eigenvalue weighted by Crippen LogP contribution is -2.33. The molecule has 5 nitrogen and oxygen atoms in total. The van der Waals surface area contributed by atoms with Crippen molar-refractivity contribution in [1.29, 1.82) is 5.26 Å². The predicted molar refractivity (Wildman–Crippen MR) is 142 cm³/mol. The van der Waals surface area contributed by atoms with Crippen LogP contribution in [0.4, 0.5) is 0 Å². The van der Waals surface area contributed by atoms with Crippen molar-refractivity contribution >= 4 is 28.5 Å². The summed E-state index contributed by atoms with van der Waals surface area (Å²) in [6, 6.07) is 9.54. The Bertz CT molecular complexity index is 1260. The highest BCUT2D eigenvalue weighted by Crippen LogP contribution is 2.40. The molecule has 3 heterocycles. The van der Waals surface area contributed by atoms with Crippen LogP contribution < -0.4 is 0 Å². The van der Waals surface area contributed by atoms with Gasteiger partial charge in [0.05, 0.1) is 24.4 Å². The molecule has 0 saturated carbocycles. The summed E-state index contributed by atoms with van der Waals surface area (Å²) in [6.07, 6.45) is 8.40. The molecule has 0 amide bonds. The van der Waals surface area contributed by atoms with Crippen molar-refractivity contribution in [1.82, 2.24) is 9.88 Å². The minimum absolute atomic E-state index is 0.210. The summed E-state index contributed by atoms with van der Waals surface area (Å²) in [7, 11) is 0. The Balaban J connectivity index is 1.54. The van der Waals surface area contributed by atoms with Crippen LogP contribution in [0.15, 0.2) is 45.4 Å². The SMILES string of the molecule is C/C1=C(C)/C(c2[nH]c3ccc(C4CCN(CC#N)CC4)cc3c2C(C)C)=C\CCC2N=CN=C12. The molecule has 0 spiro atoms. The van der Waals surface area contributed by atoms with Gasteiger partial charge in [-0.2, -0.15) is 5.26 Å². The second-order valence-electron chi connectivity index (χ2n) is 10.3. The van der Waals surface area contributed by atoms with Crippen LogP contribution in [0.3, 0.4) is 0 Å². The number of benzene rings is 1. The topological polar surface area (TPSA) is 67.5 Å². The summed E-state index contributed by atoms with van der Waals surface area (Å²) in [6.45, 7) is 11.6. The molecule has 1 fully saturated rings. The van der Waals surface area contributed by atoms with Gasteiger partial charge in [-0.05, 0) is 104 Å². The van der Waals surface area contributed by atoms with Gasteiger partial charge in [0.2, 0.25) is 0 Å². The first-order chi connectivity index (χ1) is 16.5. The predicted octanol–water partition coefficient (Wildman–Crippen LogP) is 6.36. The molecule has 1 unspecified atom stereocenters. The second kappa shape index (κ2) is 9.35. The fraction of sp³-hybridized carbons (Fsp3) is 0.483. The van der Waals surface area contributed by atoms with Crippen LogP contribution in [0, 0.1) is 11.3 Å². The lowest BCUT2D eigenvalue weighted by molar-refractivity contribution is 0.235. The highest BCUT2D eigenvalue weighted by Gasteiger charge is 2.27. The quantitative estimate of drug-likeness (QED) is 0.547. The molecule has 2 aliphatic heterocycles. The van der Waals surface area contributed by atoms with Crippen LogP contribution >= 0.6 is 0 Å². The van der Waals surface area contributed by atoms with Gasteiger partial charge in [-0.1, -0.05) is 26.0 Å². The zero-order chi connectivity index (χ0) is 23.8. The molecule has 1 aromatic carbocycles. The summed E-state index contributed by atoms with van der Waals surface area (Å²) in [5.74, 6) is 0.982. The largest absolute Gasteiger partial charge is 0.354 e. The monoisotopic (exact) mass is 453 g/mol. The molecule has 1 saturated heterocycles. The van der Waals surface area contributed by atoms with Gasteiger partial charge in [0, 0.05) is 16.6 Å². The summed E-state index contributed by atoms with van der Waals surface area (Å²) >= 11 is 0. The number of piperidine rings is 1. The van der Waals surface area contributed by atoms with Crippen LogP contribution in [0.1, 0.15) is 82.0 Å². The zero-order valence-corrected chi connectivity index (χ0v) is 20.9. The van der Waals surface area contributed by atoms with Crippen molar-refractivity contribution < 1.29 is 0 Å². The molecule has 176 valence electrons. The second-order valence-corrected chi connectivity index (χ2v) is 10.3. The average Bonchev–Trinajstić information content (AvgIpc) is 3.45. The molecule has 2 aromatic rings. The third-order valence-electron chi connectivity index (χ3n) is 7.96. The number of H-pyrrole nitrogens is 1. The first-order valence-corrected chi connectivity index (χ1v) is 12.7. The Morgan fingerprint density at radius 3 is 2.68 bits per heavy atom. The summed E-state index contributed by atoms with van der Waals surface area (Å²) in [5, 5.41) is 10.4. The van der Waals surface area contributed by atoms with Crippen molar-refractivity contribution in [2.24, 2.45) is 9.98 Å². The van der Waals surface area contributed by atoms with E-state index < -0.39 is 0 Å². The number of fused-ring (bicyclic) bond motifs is 2. The van der Waals surface area contributed by atoms with Crippen LogP contribution in [0.2, 0.25) is 0 Å². The van der Waals surface area contributed by atoms with Gasteiger partial charge in [-0.3, -0.25) is 9.89 Å². The van der Waals surface area contributed by atoms with E-state index in [1.165, 1.54) is 44.4 Å². The van der Waals surface area contributed by atoms with E-state index in [0.29, 0.717) is 18.4 Å². The van der Waals surface area contributed by atoms with E-state index in [4.69, 9.17) is 5.26 Å². The summed E-state index contributed by atoms with van der Waals surface area (Å²) < 4.78 is 0. The average molecular weight is 454 g/mol. The highest BCUT2D eigenvalue weighted by atomic mass is 15.1. The van der Waals surface area contributed by atoms with E-state index in [2.05, 4.69) is 77.9 Å². The van der Waals surface area contributed by atoms with Crippen molar-refractivity contribution in [3.05, 3.63) is 52.2 Å². The Morgan fingerprint density at radius 2 is 1.94 bits per heavy atom. The molecule has 3 aliphatic rings. The third kappa shape index (κ3) is 4.05. The number of nitriles is 1. The van der Waals surface area contributed by atoms with Gasteiger partial charge in [-0.25, -0.2) is 4.99 Å². The summed E-state index contributed by atoms with van der Waals surface area (Å²) in [5.41, 5.74) is 10.3. The van der Waals surface area contributed by atoms with Crippen LogP contribution in [0.25, 0.3) is 16.5 Å². The number of aromatic nitrogens is 1. The highest BCUT2D eigenvalue weighted by molar-refractivity contribution is 6.12. The standard InChI is InChI=1S/C29H35N5/c1-18(2)27-24-16-22(21-10-13-34(14-11-21)15-12-30)8-9-25(24)33-29(27)23-6-5-7-26-28(32-17-31-26)20(4)19(23)3/h6,8-9,16-18,21,26,33H,5,7,10-11,13-15H2,1-4H3/b20-19-,23-6+. The van der Waals surface area contributed by atoms with Gasteiger partial charge in [0.1, 0.15) is 6.34 Å². The Kier molecular flexibility index (Phi) is 6.27. The number of likely N-dealkylation sites (tertiary alicyclic amines) is 1. The smallest absolute Gasteiger partial charge is 0.111 e. The molecule has 5 heteroatoms. The molecule has 5 rings (SSSR count). The molecular weight excluding hydrogens is 418 g/mol. The number of aromatic amines is 1. The van der Waals surface area contributed by atoms with E-state index in [1.807, 2.05) is 0 Å². The molecule has 34 heavy (non-hydrogen) atoms. The maximum atomic E-state index is 9.01. The van der Waals surface area contributed by atoms with E-state index in [-0.39, 0.29) is 6.04 Å². The van der Waals surface area contributed by atoms with Crippen LogP contribution in [-0.4, -0.2) is 47.6 Å². The molecule has 1 aliphatic carbocycles. The Labute approximate surface area is 203 Å². The maximum absolute atomic E-state index is 9.01. The lowest BCUT2D eigenvalue weighted by Gasteiger charge is -2.30. The van der Waals surface area contributed by atoms with E-state index in [1.54, 1.807) is 6.34 Å². The maximum Gasteiger partial charge on any atom is 0.111 e. The number of aliphatic imine (C=N–C) groups is 2. The normalized spacial score (nSPS) is 25.6. The van der Waals surface area contributed by atoms with Gasteiger partial charge < -0.3 is 4.98 Å². The number of nitrogens with zero attached hydrogens (tertiary/aromatic N) is 4. The van der Waals surface area contributed by atoms with E-state index in [9.17, 15) is 0 Å². The van der Waals surface area contributed by atoms with Crippen molar-refractivity contribution in [2.45, 2.75) is 71.3 Å². The van der Waals surface area contributed by atoms with E-state index >= 15 is 0 Å². The van der Waals surface area contributed by atoms with Crippen LogP contribution in [-0.2, 0) is 0 Å². The van der Waals surface area contributed by atoms with Crippen molar-refractivity contribution in [3.63, 3.8) is 0 Å². The number of rotatable bonds is 4. The third-order valence-corrected chi connectivity index (χ3v) is 7.96. The minimum atomic E-state index is 0.210. The van der Waals surface area contributed by atoms with Gasteiger partial charge in [-0.15, -0.1) is 0 Å². The molecular formula is C29H35N5. The van der Waals surface area contributed by atoms with Gasteiger partial charge in [0.15, 0.2) is 0 Å². The fourth-order valence-electron chi connectivity index (χ4n) is 5.93. The van der Waals surface area contributed by atoms with Crippen molar-refractivity contribution in [3.8, 4) is 6.07 Å². The number of hydrogen-bond donors (Lipinski definition) is 1. The van der Waals surface area contributed by atoms with E-state index in [0.717, 1.165) is 44.5 Å². The molecule has 0 radical (unpaired) electrons. The lowest BCUT2D eigenvalue weighted by atomic mass is 9.85. The Morgan fingerprint density at radius 1 is 1.15 bits per heavy atom. The van der Waals surface area contributed by atoms with Crippen LogP contribution in [0.5, 0.6) is 0 Å². The Hall–Kier alpha value is -2.97. The molecule has 1 atom stereocenters. The first-order valence-electron chi connectivity index (χ1n) is 12.7. The number of nitrogens with one attached hydrogen (secondary N) is 1. The van der Waals surface area contributed by atoms with Gasteiger partial charge in [0.25, 0.3) is 0 Å². The molecule has 0 bridgehead atoms. The zero-order valence-electron chi connectivity index (χ0n) is 20.9. The minimum Gasteiger partial charge on any atom is -0.354 e. The molecule has 1 aromatic heterocycles. The number of allylic oxidation sites excluding steroid dienone is 3. The molecule has 1 N–H and O–H groups in total. The first kappa shape index (κ1) is 22.8. The number of hydrogen-bond acceptors (Lipinski definition) is 4. The van der Waals surface area contributed by atoms with Gasteiger partial charge >= 0.3 is 0 Å². The fourth-order valence-corrected chi connectivity index (χ4v) is 5.93. The summed E-state index contributed by atoms with van der Waals surface area (Å²) in [4.78, 5) is 15.3. The van der Waals surface area contributed by atoms with Crippen molar-refractivity contribution in [2.75, 3.05) is 19.6 Å².